The predicted molar refractivity (Wildman–Crippen MR) is 159 cm³/mol. The second kappa shape index (κ2) is 14.6. The van der Waals surface area contributed by atoms with Crippen molar-refractivity contribution in [2.75, 3.05) is 38.5 Å². The number of carbonyl (C=O) groups is 3. The van der Waals surface area contributed by atoms with Crippen molar-refractivity contribution in [3.63, 3.8) is 0 Å². The first-order valence-corrected chi connectivity index (χ1v) is 14.0. The molecule has 5 N–H and O–H groups in total. The van der Waals surface area contributed by atoms with Crippen molar-refractivity contribution in [2.24, 2.45) is 11.1 Å². The molecule has 0 aliphatic carbocycles. The average molecular weight is 567 g/mol. The minimum atomic E-state index is -0.715. The fourth-order valence-electron chi connectivity index (χ4n) is 4.89. The molecule has 2 unspecified atom stereocenters. The van der Waals surface area contributed by atoms with Crippen LogP contribution in [0.2, 0.25) is 0 Å². The summed E-state index contributed by atoms with van der Waals surface area (Å²) in [6.45, 7) is 7.03. The van der Waals surface area contributed by atoms with Gasteiger partial charge in [-0.25, -0.2) is 4.39 Å². The van der Waals surface area contributed by atoms with Gasteiger partial charge in [-0.1, -0.05) is 51.1 Å². The number of carbonyl (C=O) groups excluding carboxylic acids is 3. The first-order valence-electron chi connectivity index (χ1n) is 14.0. The predicted octanol–water partition coefficient (Wildman–Crippen LogP) is 2.85. The standard InChI is InChI=1S/C31H43FN6O3/c1-31(2,3)28(36-27(39)20-34-4)30(41)38-17-8-11-25(38)21-37(18-16-22-12-14-23(32)15-13-22)29(40)26(33)19-35-24-9-6-5-7-10-24/h5-7,9-10,12-15,19,25,28,34-35H,8,11,16-18,20-21,33H2,1-4H3,(H,36,39)/b26-19-. The molecule has 222 valence electrons. The lowest BCUT2D eigenvalue weighted by Crippen LogP contribution is -2.58. The van der Waals surface area contributed by atoms with E-state index in [1.807, 2.05) is 51.1 Å². The lowest BCUT2D eigenvalue weighted by atomic mass is 9.85. The van der Waals surface area contributed by atoms with E-state index in [0.717, 1.165) is 24.1 Å². The molecule has 0 aromatic heterocycles. The zero-order valence-corrected chi connectivity index (χ0v) is 24.5. The minimum Gasteiger partial charge on any atom is -0.393 e. The molecule has 2 aromatic carbocycles. The maximum absolute atomic E-state index is 13.8. The summed E-state index contributed by atoms with van der Waals surface area (Å²) in [5, 5.41) is 8.76. The molecule has 1 aliphatic rings. The summed E-state index contributed by atoms with van der Waals surface area (Å²) >= 11 is 0. The molecular formula is C31H43FN6O3. The molecule has 9 nitrogen and oxygen atoms in total. The van der Waals surface area contributed by atoms with E-state index in [9.17, 15) is 18.8 Å². The van der Waals surface area contributed by atoms with Crippen LogP contribution in [-0.4, -0.2) is 72.8 Å². The van der Waals surface area contributed by atoms with E-state index in [1.54, 1.807) is 29.0 Å². The van der Waals surface area contributed by atoms with Crippen molar-refractivity contribution in [1.29, 1.82) is 0 Å². The number of nitrogens with one attached hydrogen (secondary N) is 3. The smallest absolute Gasteiger partial charge is 0.271 e. The average Bonchev–Trinajstić information content (AvgIpc) is 3.41. The van der Waals surface area contributed by atoms with E-state index in [1.165, 1.54) is 18.3 Å². The number of likely N-dealkylation sites (tertiary alicyclic amines) is 1. The molecule has 1 aliphatic heterocycles. The van der Waals surface area contributed by atoms with Gasteiger partial charge in [0, 0.05) is 37.6 Å². The molecule has 0 radical (unpaired) electrons. The fraction of sp³-hybridized carbons (Fsp3) is 0.452. The second-order valence-electron chi connectivity index (χ2n) is 11.5. The van der Waals surface area contributed by atoms with Crippen molar-refractivity contribution in [3.8, 4) is 0 Å². The van der Waals surface area contributed by atoms with Gasteiger partial charge in [0.1, 0.15) is 17.6 Å². The maximum atomic E-state index is 13.8. The van der Waals surface area contributed by atoms with E-state index in [-0.39, 0.29) is 48.4 Å². The maximum Gasteiger partial charge on any atom is 0.271 e. The molecule has 0 bridgehead atoms. The molecule has 10 heteroatoms. The highest BCUT2D eigenvalue weighted by Gasteiger charge is 2.40. The van der Waals surface area contributed by atoms with Gasteiger partial charge in [-0.3, -0.25) is 14.4 Å². The summed E-state index contributed by atoms with van der Waals surface area (Å²) < 4.78 is 13.4. The third kappa shape index (κ3) is 9.31. The third-order valence-corrected chi connectivity index (χ3v) is 7.13. The van der Waals surface area contributed by atoms with Crippen LogP contribution in [-0.2, 0) is 20.8 Å². The molecule has 0 spiro atoms. The van der Waals surface area contributed by atoms with Gasteiger partial charge in [-0.15, -0.1) is 0 Å². The Morgan fingerprint density at radius 1 is 1.12 bits per heavy atom. The molecule has 3 rings (SSSR count). The van der Waals surface area contributed by atoms with Crippen LogP contribution in [0.1, 0.15) is 39.2 Å². The van der Waals surface area contributed by atoms with Gasteiger partial charge < -0.3 is 31.5 Å². The van der Waals surface area contributed by atoms with E-state index in [0.29, 0.717) is 19.5 Å². The number of likely N-dealkylation sites (N-methyl/N-ethyl adjacent to an activating group) is 1. The lowest BCUT2D eigenvalue weighted by molar-refractivity contribution is -0.141. The van der Waals surface area contributed by atoms with Gasteiger partial charge in [0.15, 0.2) is 0 Å². The van der Waals surface area contributed by atoms with E-state index in [2.05, 4.69) is 16.0 Å². The Hall–Kier alpha value is -3.92. The topological polar surface area (TPSA) is 120 Å². The normalized spacial score (nSPS) is 16.3. The van der Waals surface area contributed by atoms with Gasteiger partial charge in [0.05, 0.1) is 6.54 Å². The van der Waals surface area contributed by atoms with Crippen LogP contribution in [0, 0.1) is 11.2 Å². The zero-order chi connectivity index (χ0) is 30.0. The number of amides is 3. The molecule has 1 fully saturated rings. The number of halogens is 1. The van der Waals surface area contributed by atoms with Crippen molar-refractivity contribution in [1.82, 2.24) is 20.4 Å². The van der Waals surface area contributed by atoms with Crippen LogP contribution in [0.4, 0.5) is 10.1 Å². The number of hydrogen-bond acceptors (Lipinski definition) is 6. The zero-order valence-electron chi connectivity index (χ0n) is 24.5. The minimum absolute atomic E-state index is 0.0377. The van der Waals surface area contributed by atoms with Crippen molar-refractivity contribution < 1.29 is 18.8 Å². The fourth-order valence-corrected chi connectivity index (χ4v) is 4.89. The van der Waals surface area contributed by atoms with E-state index >= 15 is 0 Å². The number of para-hydroxylation sites is 1. The molecule has 3 amide bonds. The Morgan fingerprint density at radius 2 is 1.80 bits per heavy atom. The summed E-state index contributed by atoms with van der Waals surface area (Å²) in [6.07, 6.45) is 3.49. The Balaban J connectivity index is 1.80. The largest absolute Gasteiger partial charge is 0.393 e. The second-order valence-corrected chi connectivity index (χ2v) is 11.5. The highest BCUT2D eigenvalue weighted by molar-refractivity contribution is 5.93. The summed E-state index contributed by atoms with van der Waals surface area (Å²) in [7, 11) is 1.68. The number of hydrogen-bond donors (Lipinski definition) is 4. The Labute approximate surface area is 242 Å². The van der Waals surface area contributed by atoms with Gasteiger partial charge in [-0.2, -0.15) is 0 Å². The Kier molecular flexibility index (Phi) is 11.3. The molecule has 41 heavy (non-hydrogen) atoms. The van der Waals surface area contributed by atoms with E-state index in [4.69, 9.17) is 5.73 Å². The molecule has 1 heterocycles. The summed E-state index contributed by atoms with van der Waals surface area (Å²) in [5.74, 6) is -1.10. The Bertz CT molecular complexity index is 1200. The number of anilines is 1. The van der Waals surface area contributed by atoms with E-state index < -0.39 is 11.5 Å². The summed E-state index contributed by atoms with van der Waals surface area (Å²) in [5.41, 5.74) is 7.44. The number of benzene rings is 2. The molecule has 0 saturated carbocycles. The third-order valence-electron chi connectivity index (χ3n) is 7.13. The Morgan fingerprint density at radius 3 is 2.44 bits per heavy atom. The molecular weight excluding hydrogens is 523 g/mol. The molecule has 2 atom stereocenters. The SMILES string of the molecule is CNCC(=O)NC(C(=O)N1CCCC1CN(CCc1ccc(F)cc1)C(=O)/C(N)=C/Nc1ccccc1)C(C)(C)C. The van der Waals surface area contributed by atoms with Crippen LogP contribution in [0.15, 0.2) is 66.5 Å². The molecule has 1 saturated heterocycles. The van der Waals surface area contributed by atoms with Crippen molar-refractivity contribution >= 4 is 23.4 Å². The van der Waals surface area contributed by atoms with Gasteiger partial charge >= 0.3 is 0 Å². The van der Waals surface area contributed by atoms with Crippen LogP contribution >= 0.6 is 0 Å². The summed E-state index contributed by atoms with van der Waals surface area (Å²) in [4.78, 5) is 43.2. The summed E-state index contributed by atoms with van der Waals surface area (Å²) in [6, 6.07) is 14.6. The lowest BCUT2D eigenvalue weighted by Gasteiger charge is -2.37. The number of nitrogens with zero attached hydrogens (tertiary/aromatic N) is 2. The van der Waals surface area contributed by atoms with Gasteiger partial charge in [0.2, 0.25) is 11.8 Å². The van der Waals surface area contributed by atoms with Crippen LogP contribution < -0.4 is 21.7 Å². The van der Waals surface area contributed by atoms with Gasteiger partial charge in [0.25, 0.3) is 5.91 Å². The van der Waals surface area contributed by atoms with Crippen LogP contribution in [0.5, 0.6) is 0 Å². The van der Waals surface area contributed by atoms with Crippen molar-refractivity contribution in [2.45, 2.75) is 52.1 Å². The quantitative estimate of drug-likeness (QED) is 0.294. The van der Waals surface area contributed by atoms with Gasteiger partial charge in [-0.05, 0) is 61.6 Å². The van der Waals surface area contributed by atoms with Crippen LogP contribution in [0.25, 0.3) is 0 Å². The number of nitrogens with two attached hydrogens (primary N) is 1. The number of rotatable bonds is 12. The first-order chi connectivity index (χ1) is 19.5. The van der Waals surface area contributed by atoms with Crippen LogP contribution in [0.3, 0.4) is 0 Å². The highest BCUT2D eigenvalue weighted by Crippen LogP contribution is 2.26. The first kappa shape index (κ1) is 31.6. The monoisotopic (exact) mass is 566 g/mol. The highest BCUT2D eigenvalue weighted by atomic mass is 19.1. The molecule has 2 aromatic rings. The van der Waals surface area contributed by atoms with Crippen molar-refractivity contribution in [3.05, 3.63) is 77.9 Å².